The highest BCUT2D eigenvalue weighted by molar-refractivity contribution is 7.89. The molecule has 2 N–H and O–H groups in total. The molecule has 0 saturated carbocycles. The van der Waals surface area contributed by atoms with Crippen molar-refractivity contribution in [2.24, 2.45) is 5.92 Å². The maximum absolute atomic E-state index is 12.8. The summed E-state index contributed by atoms with van der Waals surface area (Å²) in [4.78, 5) is 17.6. The van der Waals surface area contributed by atoms with Crippen molar-refractivity contribution in [3.8, 4) is 5.82 Å². The topological polar surface area (TPSA) is 106 Å². The number of rotatable bonds is 7. The van der Waals surface area contributed by atoms with Crippen LogP contribution in [-0.2, 0) is 10.0 Å². The van der Waals surface area contributed by atoms with Gasteiger partial charge in [-0.05, 0) is 55.3 Å². The zero-order valence-electron chi connectivity index (χ0n) is 18.6. The molecule has 1 amide bonds. The van der Waals surface area contributed by atoms with Gasteiger partial charge in [-0.1, -0.05) is 32.0 Å². The molecule has 0 aliphatic heterocycles. The number of pyridine rings is 1. The molecule has 2 aromatic heterocycles. The largest absolute Gasteiger partial charge is 0.322 e. The van der Waals surface area contributed by atoms with Crippen LogP contribution in [0.3, 0.4) is 0 Å². The standard InChI is InChI=1S/C24H25N5O3S/c1-16(2)14-26-33(31,32)20-11-9-19(10-12-20)27-24(30)21-15-25-29(17(21)3)23-13-8-18-6-4-5-7-22(18)28-23/h4-13,15-16,26H,14H2,1-3H3,(H,27,30). The highest BCUT2D eigenvalue weighted by atomic mass is 32.2. The van der Waals surface area contributed by atoms with E-state index in [-0.39, 0.29) is 16.7 Å². The highest BCUT2D eigenvalue weighted by Gasteiger charge is 2.18. The Balaban J connectivity index is 1.50. The minimum atomic E-state index is -3.59. The van der Waals surface area contributed by atoms with Gasteiger partial charge in [-0.25, -0.2) is 22.8 Å². The molecule has 4 rings (SSSR count). The molecule has 0 fully saturated rings. The van der Waals surface area contributed by atoms with E-state index in [1.165, 1.54) is 18.3 Å². The van der Waals surface area contributed by atoms with Gasteiger partial charge in [-0.2, -0.15) is 5.10 Å². The number of nitrogens with zero attached hydrogens (tertiary/aromatic N) is 3. The van der Waals surface area contributed by atoms with Crippen LogP contribution in [0.25, 0.3) is 16.7 Å². The van der Waals surface area contributed by atoms with Gasteiger partial charge in [0, 0.05) is 17.6 Å². The number of aromatic nitrogens is 3. The minimum Gasteiger partial charge on any atom is -0.322 e. The summed E-state index contributed by atoms with van der Waals surface area (Å²) < 4.78 is 28.9. The van der Waals surface area contributed by atoms with E-state index in [2.05, 4.69) is 20.1 Å². The molecule has 0 aliphatic rings. The second-order valence-electron chi connectivity index (χ2n) is 8.14. The summed E-state index contributed by atoms with van der Waals surface area (Å²) in [5.41, 5.74) is 2.38. The number of sulfonamides is 1. The Kier molecular flexibility index (Phi) is 6.26. The smallest absolute Gasteiger partial charge is 0.259 e. The lowest BCUT2D eigenvalue weighted by Crippen LogP contribution is -2.27. The summed E-state index contributed by atoms with van der Waals surface area (Å²) >= 11 is 0. The molecule has 0 spiro atoms. The van der Waals surface area contributed by atoms with Crippen LogP contribution >= 0.6 is 0 Å². The minimum absolute atomic E-state index is 0.146. The Hall–Kier alpha value is -3.56. The lowest BCUT2D eigenvalue weighted by atomic mass is 10.2. The van der Waals surface area contributed by atoms with Gasteiger partial charge in [0.2, 0.25) is 10.0 Å². The van der Waals surface area contributed by atoms with Gasteiger partial charge in [0.25, 0.3) is 5.91 Å². The van der Waals surface area contributed by atoms with Gasteiger partial charge >= 0.3 is 0 Å². The van der Waals surface area contributed by atoms with E-state index in [1.807, 2.05) is 50.2 Å². The normalized spacial score (nSPS) is 11.8. The Morgan fingerprint density at radius 2 is 1.76 bits per heavy atom. The zero-order chi connectivity index (χ0) is 23.6. The second kappa shape index (κ2) is 9.13. The lowest BCUT2D eigenvalue weighted by molar-refractivity contribution is 0.102. The van der Waals surface area contributed by atoms with Gasteiger partial charge in [0.15, 0.2) is 5.82 Å². The number of hydrogen-bond donors (Lipinski definition) is 2. The molecule has 4 aromatic rings. The van der Waals surface area contributed by atoms with E-state index in [0.29, 0.717) is 29.3 Å². The second-order valence-corrected chi connectivity index (χ2v) is 9.91. The Morgan fingerprint density at radius 1 is 1.03 bits per heavy atom. The first-order valence-electron chi connectivity index (χ1n) is 10.6. The monoisotopic (exact) mass is 463 g/mol. The first-order valence-corrected chi connectivity index (χ1v) is 12.0. The van der Waals surface area contributed by atoms with Crippen LogP contribution in [0.5, 0.6) is 0 Å². The summed E-state index contributed by atoms with van der Waals surface area (Å²) in [6, 6.07) is 17.7. The third-order valence-corrected chi connectivity index (χ3v) is 6.60. The molecule has 0 radical (unpaired) electrons. The van der Waals surface area contributed by atoms with E-state index in [0.717, 1.165) is 10.9 Å². The van der Waals surface area contributed by atoms with Gasteiger partial charge < -0.3 is 5.32 Å². The van der Waals surface area contributed by atoms with Crippen LogP contribution < -0.4 is 10.0 Å². The summed E-state index contributed by atoms with van der Waals surface area (Å²) in [7, 11) is -3.59. The highest BCUT2D eigenvalue weighted by Crippen LogP contribution is 2.19. The molecule has 0 bridgehead atoms. The van der Waals surface area contributed by atoms with Crippen LogP contribution in [0.1, 0.15) is 29.9 Å². The third-order valence-electron chi connectivity index (χ3n) is 5.16. The van der Waals surface area contributed by atoms with Gasteiger partial charge in [0.1, 0.15) is 0 Å². The van der Waals surface area contributed by atoms with Crippen LogP contribution in [0, 0.1) is 12.8 Å². The molecule has 170 valence electrons. The fourth-order valence-corrected chi connectivity index (χ4v) is 4.53. The summed E-state index contributed by atoms with van der Waals surface area (Å²) in [5, 5.41) is 8.16. The summed E-state index contributed by atoms with van der Waals surface area (Å²) in [6.07, 6.45) is 1.50. The van der Waals surface area contributed by atoms with E-state index in [1.54, 1.807) is 23.7 Å². The SMILES string of the molecule is Cc1c(C(=O)Nc2ccc(S(=O)(=O)NCC(C)C)cc2)cnn1-c1ccc2ccccc2n1. The van der Waals surface area contributed by atoms with Crippen molar-refractivity contribution in [2.45, 2.75) is 25.7 Å². The zero-order valence-corrected chi connectivity index (χ0v) is 19.4. The molecule has 8 nitrogen and oxygen atoms in total. The molecule has 33 heavy (non-hydrogen) atoms. The molecule has 0 atom stereocenters. The summed E-state index contributed by atoms with van der Waals surface area (Å²) in [6.45, 7) is 6.02. The van der Waals surface area contributed by atoms with Gasteiger partial charge in [0.05, 0.1) is 27.9 Å². The summed E-state index contributed by atoms with van der Waals surface area (Å²) in [5.74, 6) is 0.481. The van der Waals surface area contributed by atoms with Crippen molar-refractivity contribution < 1.29 is 13.2 Å². The Bertz CT molecular complexity index is 1410. The van der Waals surface area contributed by atoms with E-state index >= 15 is 0 Å². The number of benzene rings is 2. The molecular weight excluding hydrogens is 438 g/mol. The van der Waals surface area contributed by atoms with Crippen molar-refractivity contribution in [1.29, 1.82) is 0 Å². The average molecular weight is 464 g/mol. The van der Waals surface area contributed by atoms with Crippen molar-refractivity contribution >= 4 is 32.5 Å². The van der Waals surface area contributed by atoms with Crippen LogP contribution in [0.15, 0.2) is 71.8 Å². The molecule has 0 aliphatic carbocycles. The Labute approximate surface area is 192 Å². The van der Waals surface area contributed by atoms with Gasteiger partial charge in [-0.15, -0.1) is 0 Å². The maximum Gasteiger partial charge on any atom is 0.259 e. The van der Waals surface area contributed by atoms with Crippen molar-refractivity contribution in [1.82, 2.24) is 19.5 Å². The number of carbonyl (C=O) groups is 1. The quantitative estimate of drug-likeness (QED) is 0.432. The van der Waals surface area contributed by atoms with Crippen molar-refractivity contribution in [3.63, 3.8) is 0 Å². The van der Waals surface area contributed by atoms with Crippen LogP contribution in [-0.4, -0.2) is 35.6 Å². The first kappa shape index (κ1) is 22.6. The fourth-order valence-electron chi connectivity index (χ4n) is 3.31. The molecule has 2 heterocycles. The van der Waals surface area contributed by atoms with Crippen LogP contribution in [0.2, 0.25) is 0 Å². The van der Waals surface area contributed by atoms with Crippen LogP contribution in [0.4, 0.5) is 5.69 Å². The molecular formula is C24H25N5O3S. The third kappa shape index (κ3) is 4.94. The number of para-hydroxylation sites is 1. The predicted molar refractivity (Wildman–Crippen MR) is 128 cm³/mol. The number of carbonyl (C=O) groups excluding carboxylic acids is 1. The van der Waals surface area contributed by atoms with E-state index in [9.17, 15) is 13.2 Å². The molecule has 9 heteroatoms. The number of anilines is 1. The van der Waals surface area contributed by atoms with E-state index in [4.69, 9.17) is 0 Å². The number of hydrogen-bond acceptors (Lipinski definition) is 5. The van der Waals surface area contributed by atoms with E-state index < -0.39 is 10.0 Å². The lowest BCUT2D eigenvalue weighted by Gasteiger charge is -2.10. The first-order chi connectivity index (χ1) is 15.7. The number of fused-ring (bicyclic) bond motifs is 1. The maximum atomic E-state index is 12.8. The average Bonchev–Trinajstić information content (AvgIpc) is 3.19. The molecule has 0 saturated heterocycles. The fraction of sp³-hybridized carbons (Fsp3) is 0.208. The van der Waals surface area contributed by atoms with Crippen molar-refractivity contribution in [2.75, 3.05) is 11.9 Å². The number of amides is 1. The van der Waals surface area contributed by atoms with Gasteiger partial charge in [-0.3, -0.25) is 4.79 Å². The molecule has 0 unspecified atom stereocenters. The molecule has 2 aromatic carbocycles. The predicted octanol–water partition coefficient (Wildman–Crippen LogP) is 3.92. The Morgan fingerprint density at radius 3 is 2.48 bits per heavy atom. The number of nitrogens with one attached hydrogen (secondary N) is 2. The van der Waals surface area contributed by atoms with Crippen molar-refractivity contribution in [3.05, 3.63) is 78.1 Å².